The molecule has 2 heterocycles. The number of hydrogen-bond donors (Lipinski definition) is 1. The molecule has 3 heteroatoms. The lowest BCUT2D eigenvalue weighted by molar-refractivity contribution is 0.160. The van der Waals surface area contributed by atoms with Gasteiger partial charge < -0.3 is 10.0 Å². The van der Waals surface area contributed by atoms with Crippen LogP contribution in [0.15, 0.2) is 36.5 Å². The van der Waals surface area contributed by atoms with Gasteiger partial charge in [0, 0.05) is 36.3 Å². The second kappa shape index (κ2) is 5.68. The highest BCUT2D eigenvalue weighted by molar-refractivity contribution is 5.81. The fourth-order valence-electron chi connectivity index (χ4n) is 2.97. The number of pyridine rings is 1. The van der Waals surface area contributed by atoms with E-state index >= 15 is 0 Å². The number of aliphatic hydroxyl groups excluding tert-OH is 1. The number of β-amino-alcohol motifs (C(OH)–C–C–N with tert-alkyl or cyclic N) is 1. The van der Waals surface area contributed by atoms with Gasteiger partial charge in [-0.2, -0.15) is 0 Å². The van der Waals surface area contributed by atoms with Crippen molar-refractivity contribution < 1.29 is 5.11 Å². The first-order valence-electron chi connectivity index (χ1n) is 7.05. The zero-order chi connectivity index (χ0) is 13.1. The molecule has 1 N–H and O–H groups in total. The van der Waals surface area contributed by atoms with Crippen LogP contribution in [0, 0.1) is 0 Å². The normalized spacial score (nSPS) is 20.8. The smallest absolute Gasteiger partial charge is 0.0558 e. The monoisotopic (exact) mass is 256 g/mol. The molecule has 1 atom stereocenters. The molecule has 0 aliphatic carbocycles. The molecule has 1 saturated heterocycles. The van der Waals surface area contributed by atoms with E-state index < -0.39 is 0 Å². The Kier molecular flexibility index (Phi) is 3.76. The van der Waals surface area contributed by atoms with E-state index in [4.69, 9.17) is 5.11 Å². The van der Waals surface area contributed by atoms with Crippen LogP contribution in [0.25, 0.3) is 10.8 Å². The fourth-order valence-corrected chi connectivity index (χ4v) is 2.97. The van der Waals surface area contributed by atoms with Gasteiger partial charge in [0.2, 0.25) is 0 Å². The van der Waals surface area contributed by atoms with Crippen molar-refractivity contribution in [1.82, 2.24) is 9.88 Å². The van der Waals surface area contributed by atoms with Crippen LogP contribution < -0.4 is 0 Å². The number of piperidine rings is 1. The molecule has 0 saturated carbocycles. The van der Waals surface area contributed by atoms with Gasteiger partial charge in [-0.15, -0.1) is 0 Å². The SMILES string of the molecule is OCCN1CCC[C@@H](c2cc3ccccc3cn2)C1. The molecule has 0 amide bonds. The van der Waals surface area contributed by atoms with E-state index in [1.54, 1.807) is 0 Å². The average molecular weight is 256 g/mol. The van der Waals surface area contributed by atoms with Crippen LogP contribution in [0.1, 0.15) is 24.5 Å². The topological polar surface area (TPSA) is 36.4 Å². The van der Waals surface area contributed by atoms with Crippen molar-refractivity contribution in [1.29, 1.82) is 0 Å². The average Bonchev–Trinajstić information content (AvgIpc) is 2.47. The second-order valence-corrected chi connectivity index (χ2v) is 5.32. The molecule has 19 heavy (non-hydrogen) atoms. The van der Waals surface area contributed by atoms with Gasteiger partial charge in [0.25, 0.3) is 0 Å². The van der Waals surface area contributed by atoms with Crippen LogP contribution in [-0.4, -0.2) is 41.2 Å². The Bertz CT molecular complexity index is 553. The predicted octanol–water partition coefficient (Wildman–Crippen LogP) is 2.41. The highest BCUT2D eigenvalue weighted by Crippen LogP contribution is 2.27. The molecule has 0 bridgehead atoms. The maximum Gasteiger partial charge on any atom is 0.0558 e. The zero-order valence-corrected chi connectivity index (χ0v) is 11.1. The van der Waals surface area contributed by atoms with Crippen LogP contribution in [0.4, 0.5) is 0 Å². The van der Waals surface area contributed by atoms with E-state index in [1.807, 2.05) is 12.3 Å². The predicted molar refractivity (Wildman–Crippen MR) is 77.2 cm³/mol. The molecule has 0 spiro atoms. The highest BCUT2D eigenvalue weighted by atomic mass is 16.3. The van der Waals surface area contributed by atoms with E-state index in [0.717, 1.165) is 19.6 Å². The van der Waals surface area contributed by atoms with Crippen molar-refractivity contribution in [2.75, 3.05) is 26.2 Å². The minimum atomic E-state index is 0.248. The van der Waals surface area contributed by atoms with E-state index in [-0.39, 0.29) is 6.61 Å². The summed E-state index contributed by atoms with van der Waals surface area (Å²) in [6.07, 6.45) is 4.38. The van der Waals surface area contributed by atoms with Crippen molar-refractivity contribution in [2.45, 2.75) is 18.8 Å². The summed E-state index contributed by atoms with van der Waals surface area (Å²) in [6, 6.07) is 10.6. The van der Waals surface area contributed by atoms with Crippen molar-refractivity contribution in [2.24, 2.45) is 0 Å². The quantitative estimate of drug-likeness (QED) is 0.916. The summed E-state index contributed by atoms with van der Waals surface area (Å²) in [4.78, 5) is 6.97. The summed E-state index contributed by atoms with van der Waals surface area (Å²) in [5, 5.41) is 11.5. The number of nitrogens with zero attached hydrogens (tertiary/aromatic N) is 2. The maximum atomic E-state index is 9.06. The molecule has 1 aromatic heterocycles. The third kappa shape index (κ3) is 2.77. The van der Waals surface area contributed by atoms with Gasteiger partial charge in [0.05, 0.1) is 6.61 Å². The Hall–Kier alpha value is -1.45. The number of fused-ring (bicyclic) bond motifs is 1. The summed E-state index contributed by atoms with van der Waals surface area (Å²) < 4.78 is 0. The van der Waals surface area contributed by atoms with Crippen LogP contribution in [0.5, 0.6) is 0 Å². The van der Waals surface area contributed by atoms with E-state index in [9.17, 15) is 0 Å². The summed E-state index contributed by atoms with van der Waals surface area (Å²) in [5.74, 6) is 0.505. The van der Waals surface area contributed by atoms with Crippen molar-refractivity contribution in [3.05, 3.63) is 42.2 Å². The van der Waals surface area contributed by atoms with Crippen LogP contribution >= 0.6 is 0 Å². The first-order chi connectivity index (χ1) is 9.36. The third-order valence-electron chi connectivity index (χ3n) is 3.99. The molecule has 2 aromatic rings. The van der Waals surface area contributed by atoms with Gasteiger partial charge in [-0.05, 0) is 30.8 Å². The first-order valence-corrected chi connectivity index (χ1v) is 7.05. The lowest BCUT2D eigenvalue weighted by atomic mass is 9.93. The number of hydrogen-bond acceptors (Lipinski definition) is 3. The molecule has 3 rings (SSSR count). The van der Waals surface area contributed by atoms with Crippen LogP contribution in [0.2, 0.25) is 0 Å². The molecule has 0 unspecified atom stereocenters. The van der Waals surface area contributed by atoms with Crippen molar-refractivity contribution in [3.63, 3.8) is 0 Å². The summed E-state index contributed by atoms with van der Waals surface area (Å²) in [7, 11) is 0. The molecule has 3 nitrogen and oxygen atoms in total. The Labute approximate surface area is 113 Å². The number of rotatable bonds is 3. The standard InChI is InChI=1S/C16H20N2O/c19-9-8-18-7-3-6-15(12-18)16-10-13-4-1-2-5-14(13)11-17-16/h1-2,4-5,10-11,15,19H,3,6-9,12H2/t15-/m1/s1. The maximum absolute atomic E-state index is 9.06. The molecule has 100 valence electrons. The van der Waals surface area contributed by atoms with Gasteiger partial charge in [0.1, 0.15) is 0 Å². The molecule has 1 aliphatic rings. The third-order valence-corrected chi connectivity index (χ3v) is 3.99. The van der Waals surface area contributed by atoms with Crippen molar-refractivity contribution in [3.8, 4) is 0 Å². The van der Waals surface area contributed by atoms with Gasteiger partial charge in [-0.1, -0.05) is 24.3 Å². The zero-order valence-electron chi connectivity index (χ0n) is 11.1. The van der Waals surface area contributed by atoms with E-state index in [0.29, 0.717) is 5.92 Å². The Morgan fingerprint density at radius 2 is 2.11 bits per heavy atom. The Morgan fingerprint density at radius 3 is 2.95 bits per heavy atom. The number of likely N-dealkylation sites (tertiary alicyclic amines) is 1. The highest BCUT2D eigenvalue weighted by Gasteiger charge is 2.21. The fraction of sp³-hybridized carbons (Fsp3) is 0.438. The number of aliphatic hydroxyl groups is 1. The van der Waals surface area contributed by atoms with Crippen LogP contribution in [0.3, 0.4) is 0 Å². The van der Waals surface area contributed by atoms with Gasteiger partial charge in [0.15, 0.2) is 0 Å². The lowest BCUT2D eigenvalue weighted by Gasteiger charge is -2.32. The molecular weight excluding hydrogens is 236 g/mol. The minimum absolute atomic E-state index is 0.248. The van der Waals surface area contributed by atoms with E-state index in [1.165, 1.54) is 29.3 Å². The lowest BCUT2D eigenvalue weighted by Crippen LogP contribution is -2.36. The van der Waals surface area contributed by atoms with Crippen molar-refractivity contribution >= 4 is 10.8 Å². The van der Waals surface area contributed by atoms with Gasteiger partial charge in [-0.3, -0.25) is 4.98 Å². The summed E-state index contributed by atoms with van der Waals surface area (Å²) in [5.41, 5.74) is 1.20. The minimum Gasteiger partial charge on any atom is -0.395 e. The number of aromatic nitrogens is 1. The molecule has 1 aromatic carbocycles. The van der Waals surface area contributed by atoms with E-state index in [2.05, 4.69) is 34.1 Å². The molecule has 1 fully saturated rings. The Balaban J connectivity index is 1.83. The first kappa shape index (κ1) is 12.6. The summed E-state index contributed by atoms with van der Waals surface area (Å²) >= 11 is 0. The summed E-state index contributed by atoms with van der Waals surface area (Å²) in [6.45, 7) is 3.15. The van der Waals surface area contributed by atoms with Crippen LogP contribution in [-0.2, 0) is 0 Å². The molecule has 0 radical (unpaired) electrons. The van der Waals surface area contributed by atoms with Gasteiger partial charge >= 0.3 is 0 Å². The number of benzene rings is 1. The largest absolute Gasteiger partial charge is 0.395 e. The molecule has 1 aliphatic heterocycles. The molecular formula is C16H20N2O. The Morgan fingerprint density at radius 1 is 1.26 bits per heavy atom. The second-order valence-electron chi connectivity index (χ2n) is 5.32. The van der Waals surface area contributed by atoms with Gasteiger partial charge in [-0.25, -0.2) is 0 Å².